The fourth-order valence-corrected chi connectivity index (χ4v) is 3.20. The van der Waals surface area contributed by atoms with E-state index in [-0.39, 0.29) is 6.03 Å². The van der Waals surface area contributed by atoms with Crippen LogP contribution in [0.5, 0.6) is 0 Å². The second-order valence-electron chi connectivity index (χ2n) is 5.91. The van der Waals surface area contributed by atoms with Gasteiger partial charge < -0.3 is 15.1 Å². The number of piperazine rings is 1. The lowest BCUT2D eigenvalue weighted by Crippen LogP contribution is -2.44. The number of carbonyl (C=O) groups is 1. The molecular formula is C16H22N6OS. The summed E-state index contributed by atoms with van der Waals surface area (Å²) in [5.41, 5.74) is 1.94. The van der Waals surface area contributed by atoms with Crippen LogP contribution in [0.4, 0.5) is 15.7 Å². The standard InChI is InChI=1S/C16H22N6OS/c1-12-11-24-16(19-12)20-15(23)18-10-13-3-4-17-14(9-13)22-7-5-21(2)6-8-22/h3-4,9,11H,5-8,10H2,1-2H3,(H2,18,19,20,23). The molecule has 2 aromatic rings. The van der Waals surface area contributed by atoms with Crippen molar-refractivity contribution in [2.75, 3.05) is 43.4 Å². The first kappa shape index (κ1) is 16.7. The molecule has 7 nitrogen and oxygen atoms in total. The molecule has 0 spiro atoms. The number of amides is 2. The zero-order valence-corrected chi connectivity index (χ0v) is 14.8. The Bertz CT molecular complexity index is 695. The summed E-state index contributed by atoms with van der Waals surface area (Å²) in [7, 11) is 2.13. The molecule has 128 valence electrons. The van der Waals surface area contributed by atoms with Gasteiger partial charge in [-0.05, 0) is 31.7 Å². The quantitative estimate of drug-likeness (QED) is 0.885. The lowest BCUT2D eigenvalue weighted by Gasteiger charge is -2.33. The van der Waals surface area contributed by atoms with E-state index in [1.165, 1.54) is 11.3 Å². The molecule has 1 fully saturated rings. The highest BCUT2D eigenvalue weighted by atomic mass is 32.1. The fourth-order valence-electron chi connectivity index (χ4n) is 2.51. The van der Waals surface area contributed by atoms with Crippen molar-refractivity contribution in [2.45, 2.75) is 13.5 Å². The SMILES string of the molecule is Cc1csc(NC(=O)NCc2ccnc(N3CCN(C)CC3)c2)n1. The molecule has 1 aliphatic rings. The van der Waals surface area contributed by atoms with Crippen molar-refractivity contribution < 1.29 is 4.79 Å². The Hall–Kier alpha value is -2.19. The fraction of sp³-hybridized carbons (Fsp3) is 0.438. The van der Waals surface area contributed by atoms with Crippen molar-refractivity contribution >= 4 is 28.3 Å². The second-order valence-corrected chi connectivity index (χ2v) is 6.77. The number of pyridine rings is 1. The van der Waals surface area contributed by atoms with Gasteiger partial charge in [0.15, 0.2) is 5.13 Å². The zero-order chi connectivity index (χ0) is 16.9. The van der Waals surface area contributed by atoms with Gasteiger partial charge >= 0.3 is 6.03 Å². The molecule has 3 rings (SSSR count). The van der Waals surface area contributed by atoms with E-state index in [1.807, 2.05) is 24.4 Å². The Morgan fingerprint density at radius 3 is 2.83 bits per heavy atom. The van der Waals surface area contributed by atoms with E-state index < -0.39 is 0 Å². The van der Waals surface area contributed by atoms with Crippen LogP contribution in [0.2, 0.25) is 0 Å². The summed E-state index contributed by atoms with van der Waals surface area (Å²) in [5, 5.41) is 8.11. The Morgan fingerprint density at radius 1 is 1.33 bits per heavy atom. The molecule has 2 aromatic heterocycles. The van der Waals surface area contributed by atoms with Crippen molar-refractivity contribution in [1.82, 2.24) is 20.2 Å². The van der Waals surface area contributed by atoms with Gasteiger partial charge in [-0.15, -0.1) is 11.3 Å². The average Bonchev–Trinajstić information content (AvgIpc) is 2.99. The highest BCUT2D eigenvalue weighted by molar-refractivity contribution is 7.13. The maximum atomic E-state index is 11.9. The van der Waals surface area contributed by atoms with Crippen LogP contribution < -0.4 is 15.5 Å². The maximum absolute atomic E-state index is 11.9. The molecule has 1 saturated heterocycles. The molecule has 0 unspecified atom stereocenters. The third kappa shape index (κ3) is 4.42. The average molecular weight is 346 g/mol. The van der Waals surface area contributed by atoms with Gasteiger partial charge in [-0.25, -0.2) is 14.8 Å². The van der Waals surface area contributed by atoms with Crippen LogP contribution in [0, 0.1) is 6.92 Å². The number of nitrogens with zero attached hydrogens (tertiary/aromatic N) is 4. The number of nitrogens with one attached hydrogen (secondary N) is 2. The molecular weight excluding hydrogens is 324 g/mol. The summed E-state index contributed by atoms with van der Waals surface area (Å²) < 4.78 is 0. The summed E-state index contributed by atoms with van der Waals surface area (Å²) in [6, 6.07) is 3.72. The number of thiazole rings is 1. The maximum Gasteiger partial charge on any atom is 0.321 e. The van der Waals surface area contributed by atoms with Crippen LogP contribution in [0.15, 0.2) is 23.7 Å². The van der Waals surface area contributed by atoms with Crippen LogP contribution in [-0.2, 0) is 6.54 Å². The number of carbonyl (C=O) groups excluding carboxylic acids is 1. The van der Waals surface area contributed by atoms with Crippen molar-refractivity contribution in [3.8, 4) is 0 Å². The van der Waals surface area contributed by atoms with Crippen molar-refractivity contribution in [1.29, 1.82) is 0 Å². The summed E-state index contributed by atoms with van der Waals surface area (Å²) in [4.78, 5) is 25.2. The number of rotatable bonds is 4. The molecule has 3 heterocycles. The number of aryl methyl sites for hydroxylation is 1. The number of hydrogen-bond acceptors (Lipinski definition) is 6. The van der Waals surface area contributed by atoms with Gasteiger partial charge in [0.25, 0.3) is 0 Å². The van der Waals surface area contributed by atoms with Gasteiger partial charge in [-0.2, -0.15) is 0 Å². The molecule has 8 heteroatoms. The Labute approximate surface area is 145 Å². The third-order valence-electron chi connectivity index (χ3n) is 3.93. The van der Waals surface area contributed by atoms with Gasteiger partial charge in [0, 0.05) is 44.3 Å². The van der Waals surface area contributed by atoms with E-state index in [0.29, 0.717) is 11.7 Å². The normalized spacial score (nSPS) is 15.3. The second kappa shape index (κ2) is 7.59. The number of urea groups is 1. The Kier molecular flexibility index (Phi) is 5.27. The van der Waals surface area contributed by atoms with E-state index in [2.05, 4.69) is 37.4 Å². The van der Waals surface area contributed by atoms with E-state index >= 15 is 0 Å². The van der Waals surface area contributed by atoms with Crippen LogP contribution in [0.25, 0.3) is 0 Å². The minimum Gasteiger partial charge on any atom is -0.354 e. The van der Waals surface area contributed by atoms with E-state index in [4.69, 9.17) is 0 Å². The lowest BCUT2D eigenvalue weighted by atomic mass is 10.2. The van der Waals surface area contributed by atoms with Crippen LogP contribution in [0.1, 0.15) is 11.3 Å². The summed E-state index contributed by atoms with van der Waals surface area (Å²) in [6.07, 6.45) is 1.80. The zero-order valence-electron chi connectivity index (χ0n) is 14.0. The number of hydrogen-bond donors (Lipinski definition) is 2. The Balaban J connectivity index is 1.53. The summed E-state index contributed by atoms with van der Waals surface area (Å²) in [6.45, 7) is 6.39. The molecule has 24 heavy (non-hydrogen) atoms. The first-order valence-electron chi connectivity index (χ1n) is 7.95. The van der Waals surface area contributed by atoms with Gasteiger partial charge in [0.05, 0.1) is 5.69 Å². The molecule has 2 N–H and O–H groups in total. The molecule has 0 aromatic carbocycles. The monoisotopic (exact) mass is 346 g/mol. The molecule has 0 radical (unpaired) electrons. The summed E-state index contributed by atoms with van der Waals surface area (Å²) >= 11 is 1.42. The first-order valence-corrected chi connectivity index (χ1v) is 8.83. The van der Waals surface area contributed by atoms with Crippen molar-refractivity contribution in [3.05, 3.63) is 35.0 Å². The predicted molar refractivity (Wildman–Crippen MR) is 96.7 cm³/mol. The minimum absolute atomic E-state index is 0.248. The van der Waals surface area contributed by atoms with Gasteiger partial charge in [0.1, 0.15) is 5.82 Å². The molecule has 0 atom stereocenters. The van der Waals surface area contributed by atoms with Crippen LogP contribution in [0.3, 0.4) is 0 Å². The number of aromatic nitrogens is 2. The van der Waals surface area contributed by atoms with Crippen LogP contribution >= 0.6 is 11.3 Å². The van der Waals surface area contributed by atoms with E-state index in [9.17, 15) is 4.79 Å². The van der Waals surface area contributed by atoms with E-state index in [1.54, 1.807) is 6.20 Å². The van der Waals surface area contributed by atoms with Crippen LogP contribution in [-0.4, -0.2) is 54.1 Å². The Morgan fingerprint density at radius 2 is 2.12 bits per heavy atom. The first-order chi connectivity index (χ1) is 11.6. The molecule has 0 saturated carbocycles. The van der Waals surface area contributed by atoms with Crippen molar-refractivity contribution in [2.24, 2.45) is 0 Å². The summed E-state index contributed by atoms with van der Waals surface area (Å²) in [5.74, 6) is 0.971. The number of likely N-dealkylation sites (N-methyl/N-ethyl adjacent to an activating group) is 1. The molecule has 1 aliphatic heterocycles. The molecule has 2 amide bonds. The highest BCUT2D eigenvalue weighted by Gasteiger charge is 2.15. The van der Waals surface area contributed by atoms with Gasteiger partial charge in [-0.3, -0.25) is 5.32 Å². The molecule has 0 bridgehead atoms. The topological polar surface area (TPSA) is 73.4 Å². The largest absolute Gasteiger partial charge is 0.354 e. The number of anilines is 2. The minimum atomic E-state index is -0.248. The van der Waals surface area contributed by atoms with Gasteiger partial charge in [-0.1, -0.05) is 0 Å². The van der Waals surface area contributed by atoms with Crippen molar-refractivity contribution in [3.63, 3.8) is 0 Å². The molecule has 0 aliphatic carbocycles. The smallest absolute Gasteiger partial charge is 0.321 e. The predicted octanol–water partition coefficient (Wildman–Crippen LogP) is 1.92. The van der Waals surface area contributed by atoms with E-state index in [0.717, 1.165) is 43.3 Å². The lowest BCUT2D eigenvalue weighted by molar-refractivity contribution is 0.251. The third-order valence-corrected chi connectivity index (χ3v) is 4.81. The van der Waals surface area contributed by atoms with Gasteiger partial charge in [0.2, 0.25) is 0 Å². The highest BCUT2D eigenvalue weighted by Crippen LogP contribution is 2.16.